The Morgan fingerprint density at radius 3 is 1.92 bits per heavy atom. The quantitative estimate of drug-likeness (QED) is 0.211. The smallest absolute Gasteiger partial charge is 0.108 e. The molecule has 0 aliphatic heterocycles. The Balaban J connectivity index is 1.80. The number of aromatic nitrogens is 2. The van der Waals surface area contributed by atoms with Crippen molar-refractivity contribution in [2.24, 2.45) is 0 Å². The normalized spacial score (nSPS) is 11.6. The minimum atomic E-state index is 1.04. The minimum Gasteiger partial charge on any atom is -0.335 e. The van der Waals surface area contributed by atoms with E-state index in [0.29, 0.717) is 0 Å². The summed E-state index contributed by atoms with van der Waals surface area (Å²) >= 11 is 0. The molecule has 144 valence electrons. The first kappa shape index (κ1) is 22.0. The van der Waals surface area contributed by atoms with Gasteiger partial charge in [-0.05, 0) is 39.0 Å². The molecule has 2 heteroatoms. The molecule has 2 nitrogen and oxygen atoms in total. The number of hydrogen-bond donors (Lipinski definition) is 0. The van der Waals surface area contributed by atoms with Crippen LogP contribution < -0.4 is 0 Å². The molecular formula is C23H42N2. The van der Waals surface area contributed by atoms with Gasteiger partial charge < -0.3 is 4.57 Å². The van der Waals surface area contributed by atoms with E-state index in [1.807, 2.05) is 6.20 Å². The van der Waals surface area contributed by atoms with Gasteiger partial charge in [-0.25, -0.2) is 4.98 Å². The first-order chi connectivity index (χ1) is 12.4. The Kier molecular flexibility index (Phi) is 14.4. The van der Waals surface area contributed by atoms with Gasteiger partial charge in [0.05, 0.1) is 0 Å². The zero-order valence-corrected chi connectivity index (χ0v) is 17.0. The first-order valence-electron chi connectivity index (χ1n) is 11.0. The van der Waals surface area contributed by atoms with E-state index in [1.54, 1.807) is 0 Å². The molecule has 0 N–H and O–H groups in total. The molecular weight excluding hydrogens is 304 g/mol. The molecule has 0 bridgehead atoms. The van der Waals surface area contributed by atoms with Crippen LogP contribution in [0.1, 0.15) is 110 Å². The largest absolute Gasteiger partial charge is 0.335 e. The molecule has 1 aromatic rings. The third-order valence-corrected chi connectivity index (χ3v) is 5.05. The van der Waals surface area contributed by atoms with Crippen molar-refractivity contribution in [1.82, 2.24) is 9.55 Å². The number of aryl methyl sites for hydroxylation is 2. The van der Waals surface area contributed by atoms with Crippen LogP contribution in [0.25, 0.3) is 0 Å². The Morgan fingerprint density at radius 2 is 1.32 bits per heavy atom. The second kappa shape index (κ2) is 16.4. The van der Waals surface area contributed by atoms with Gasteiger partial charge in [-0.1, -0.05) is 76.9 Å². The van der Waals surface area contributed by atoms with Crippen molar-refractivity contribution in [2.75, 3.05) is 0 Å². The molecule has 0 aliphatic carbocycles. The molecule has 0 amide bonds. The van der Waals surface area contributed by atoms with Gasteiger partial charge in [-0.3, -0.25) is 0 Å². The molecule has 0 aromatic carbocycles. The van der Waals surface area contributed by atoms with E-state index in [0.717, 1.165) is 13.0 Å². The maximum atomic E-state index is 4.45. The van der Waals surface area contributed by atoms with Crippen LogP contribution in [0, 0.1) is 0 Å². The van der Waals surface area contributed by atoms with Crippen LogP contribution in [-0.4, -0.2) is 9.55 Å². The van der Waals surface area contributed by atoms with Crippen molar-refractivity contribution in [3.05, 3.63) is 30.4 Å². The highest BCUT2D eigenvalue weighted by Gasteiger charge is 2.00. The fourth-order valence-electron chi connectivity index (χ4n) is 3.39. The predicted molar refractivity (Wildman–Crippen MR) is 111 cm³/mol. The molecule has 0 spiro atoms. The predicted octanol–water partition coefficient (Wildman–Crippen LogP) is 7.48. The SMILES string of the molecule is CCCCCCCC/C=C\CCCCCCCCc1nccn1CC. The van der Waals surface area contributed by atoms with Gasteiger partial charge in [0, 0.05) is 25.4 Å². The number of nitrogens with zero attached hydrogens (tertiary/aromatic N) is 2. The fourth-order valence-corrected chi connectivity index (χ4v) is 3.39. The lowest BCUT2D eigenvalue weighted by Gasteiger charge is -2.04. The van der Waals surface area contributed by atoms with Crippen molar-refractivity contribution in [3.8, 4) is 0 Å². The van der Waals surface area contributed by atoms with Crippen LogP contribution in [0.4, 0.5) is 0 Å². The lowest BCUT2D eigenvalue weighted by Crippen LogP contribution is -2.00. The minimum absolute atomic E-state index is 1.04. The van der Waals surface area contributed by atoms with Crippen molar-refractivity contribution in [3.63, 3.8) is 0 Å². The van der Waals surface area contributed by atoms with Crippen LogP contribution in [0.3, 0.4) is 0 Å². The maximum Gasteiger partial charge on any atom is 0.108 e. The van der Waals surface area contributed by atoms with Crippen LogP contribution in [0.2, 0.25) is 0 Å². The highest BCUT2D eigenvalue weighted by atomic mass is 15.0. The highest BCUT2D eigenvalue weighted by Crippen LogP contribution is 2.11. The van der Waals surface area contributed by atoms with E-state index >= 15 is 0 Å². The molecule has 0 radical (unpaired) electrons. The molecule has 0 fully saturated rings. The van der Waals surface area contributed by atoms with Crippen LogP contribution >= 0.6 is 0 Å². The Hall–Kier alpha value is -1.05. The van der Waals surface area contributed by atoms with Crippen LogP contribution in [0.5, 0.6) is 0 Å². The molecule has 0 atom stereocenters. The van der Waals surface area contributed by atoms with Gasteiger partial charge in [0.15, 0.2) is 0 Å². The lowest BCUT2D eigenvalue weighted by molar-refractivity contribution is 0.580. The summed E-state index contributed by atoms with van der Waals surface area (Å²) in [5, 5.41) is 0. The van der Waals surface area contributed by atoms with Crippen molar-refractivity contribution < 1.29 is 0 Å². The van der Waals surface area contributed by atoms with Gasteiger partial charge >= 0.3 is 0 Å². The molecule has 0 saturated carbocycles. The summed E-state index contributed by atoms with van der Waals surface area (Å²) in [6.07, 6.45) is 29.2. The summed E-state index contributed by atoms with van der Waals surface area (Å²) in [7, 11) is 0. The van der Waals surface area contributed by atoms with Crippen LogP contribution in [-0.2, 0) is 13.0 Å². The second-order valence-corrected chi connectivity index (χ2v) is 7.32. The molecule has 0 saturated heterocycles. The van der Waals surface area contributed by atoms with E-state index in [-0.39, 0.29) is 0 Å². The average molecular weight is 347 g/mol. The highest BCUT2D eigenvalue weighted by molar-refractivity contribution is 4.92. The summed E-state index contributed by atoms with van der Waals surface area (Å²) in [6, 6.07) is 0. The Morgan fingerprint density at radius 1 is 0.760 bits per heavy atom. The van der Waals surface area contributed by atoms with E-state index in [4.69, 9.17) is 0 Å². The van der Waals surface area contributed by atoms with Gasteiger partial charge in [0.1, 0.15) is 5.82 Å². The number of unbranched alkanes of at least 4 members (excludes halogenated alkanes) is 12. The van der Waals surface area contributed by atoms with Gasteiger partial charge in [0.25, 0.3) is 0 Å². The fraction of sp³-hybridized carbons (Fsp3) is 0.783. The van der Waals surface area contributed by atoms with Gasteiger partial charge in [-0.15, -0.1) is 0 Å². The second-order valence-electron chi connectivity index (χ2n) is 7.32. The molecule has 25 heavy (non-hydrogen) atoms. The van der Waals surface area contributed by atoms with Crippen molar-refractivity contribution >= 4 is 0 Å². The topological polar surface area (TPSA) is 17.8 Å². The Bertz CT molecular complexity index is 419. The van der Waals surface area contributed by atoms with E-state index in [2.05, 4.69) is 41.7 Å². The maximum absolute atomic E-state index is 4.45. The number of imidazole rings is 1. The van der Waals surface area contributed by atoms with Crippen molar-refractivity contribution in [2.45, 2.75) is 117 Å². The van der Waals surface area contributed by atoms with E-state index in [9.17, 15) is 0 Å². The molecule has 1 aromatic heterocycles. The number of allylic oxidation sites excluding steroid dienone is 2. The lowest BCUT2D eigenvalue weighted by atomic mass is 10.1. The zero-order chi connectivity index (χ0) is 18.0. The van der Waals surface area contributed by atoms with E-state index in [1.165, 1.54) is 95.7 Å². The summed E-state index contributed by atoms with van der Waals surface area (Å²) in [6.45, 7) is 5.51. The zero-order valence-electron chi connectivity index (χ0n) is 17.0. The molecule has 0 unspecified atom stereocenters. The monoisotopic (exact) mass is 346 g/mol. The molecule has 1 rings (SSSR count). The van der Waals surface area contributed by atoms with Gasteiger partial charge in [0.2, 0.25) is 0 Å². The van der Waals surface area contributed by atoms with E-state index < -0.39 is 0 Å². The third-order valence-electron chi connectivity index (χ3n) is 5.05. The third kappa shape index (κ3) is 12.0. The summed E-state index contributed by atoms with van der Waals surface area (Å²) in [5.41, 5.74) is 0. The number of hydrogen-bond acceptors (Lipinski definition) is 1. The Labute approximate surface area is 157 Å². The first-order valence-corrected chi connectivity index (χ1v) is 11.0. The average Bonchev–Trinajstić information content (AvgIpc) is 3.09. The standard InChI is InChI=1S/C23H42N2/c1-3-5-6-7-8-9-10-11-12-13-14-15-16-17-18-19-20-23-24-21-22-25(23)4-2/h11-12,21-22H,3-10,13-20H2,1-2H3/b12-11-. The summed E-state index contributed by atoms with van der Waals surface area (Å²) in [5.74, 6) is 1.26. The van der Waals surface area contributed by atoms with Gasteiger partial charge in [-0.2, -0.15) is 0 Å². The molecule has 1 heterocycles. The van der Waals surface area contributed by atoms with Crippen molar-refractivity contribution in [1.29, 1.82) is 0 Å². The summed E-state index contributed by atoms with van der Waals surface area (Å²) < 4.78 is 2.26. The molecule has 0 aliphatic rings. The number of rotatable bonds is 17. The summed E-state index contributed by atoms with van der Waals surface area (Å²) in [4.78, 5) is 4.45. The van der Waals surface area contributed by atoms with Crippen LogP contribution in [0.15, 0.2) is 24.5 Å².